The first kappa shape index (κ1) is 12.2. The van der Waals surface area contributed by atoms with E-state index in [2.05, 4.69) is 0 Å². The van der Waals surface area contributed by atoms with Gasteiger partial charge in [-0.05, 0) is 24.8 Å². The minimum absolute atomic E-state index is 0.0128. The van der Waals surface area contributed by atoms with Gasteiger partial charge in [0.2, 0.25) is 0 Å². The van der Waals surface area contributed by atoms with Gasteiger partial charge in [0.05, 0.1) is 12.2 Å². The Morgan fingerprint density at radius 3 is 2.84 bits per heavy atom. The predicted octanol–water partition coefficient (Wildman–Crippen LogP) is 1.03. The van der Waals surface area contributed by atoms with Gasteiger partial charge in [0.25, 0.3) is 5.91 Å². The Kier molecular flexibility index (Phi) is 2.78. The smallest absolute Gasteiger partial charge is 0.395 e. The van der Waals surface area contributed by atoms with E-state index in [1.807, 2.05) is 0 Å². The number of hydrogen-bond donors (Lipinski definition) is 1. The quantitative estimate of drug-likeness (QED) is 0.637. The van der Waals surface area contributed by atoms with E-state index in [-0.39, 0.29) is 23.7 Å². The van der Waals surface area contributed by atoms with Crippen molar-refractivity contribution in [2.75, 3.05) is 13.1 Å². The van der Waals surface area contributed by atoms with E-state index in [0.29, 0.717) is 19.0 Å². The third kappa shape index (κ3) is 1.99. The lowest BCUT2D eigenvalue weighted by atomic mass is 10.00. The number of amides is 1. The fourth-order valence-corrected chi connectivity index (χ4v) is 3.10. The highest BCUT2D eigenvalue weighted by atomic mass is 16.6. The average molecular weight is 266 g/mol. The van der Waals surface area contributed by atoms with Crippen molar-refractivity contribution < 1.29 is 19.2 Å². The molecule has 1 aliphatic carbocycles. The lowest BCUT2D eigenvalue weighted by molar-refractivity contribution is -0.402. The normalized spacial score (nSPS) is 29.5. The Labute approximate surface area is 109 Å². The molecule has 2 fully saturated rings. The summed E-state index contributed by atoms with van der Waals surface area (Å²) in [6.45, 7) is 1.09. The summed E-state index contributed by atoms with van der Waals surface area (Å²) in [4.78, 5) is 23.6. The number of nitro groups is 1. The van der Waals surface area contributed by atoms with Crippen molar-refractivity contribution in [1.29, 1.82) is 0 Å². The number of nitrogens with zero attached hydrogens (tertiary/aromatic N) is 2. The molecule has 0 bridgehead atoms. The van der Waals surface area contributed by atoms with Crippen LogP contribution in [0.4, 0.5) is 5.88 Å². The maximum absolute atomic E-state index is 12.1. The Morgan fingerprint density at radius 2 is 2.21 bits per heavy atom. The van der Waals surface area contributed by atoms with Crippen molar-refractivity contribution in [3.8, 4) is 0 Å². The summed E-state index contributed by atoms with van der Waals surface area (Å²) in [5.74, 6) is -0.309. The molecule has 1 aromatic rings. The Morgan fingerprint density at radius 1 is 1.42 bits per heavy atom. The van der Waals surface area contributed by atoms with Crippen LogP contribution < -0.4 is 0 Å². The van der Waals surface area contributed by atoms with Crippen LogP contribution in [0.25, 0.3) is 0 Å². The fourth-order valence-electron chi connectivity index (χ4n) is 3.10. The van der Waals surface area contributed by atoms with Crippen LogP contribution in [0.1, 0.15) is 23.4 Å². The molecule has 0 radical (unpaired) electrons. The number of hydrogen-bond acceptors (Lipinski definition) is 5. The third-order valence-electron chi connectivity index (χ3n) is 4.09. The molecule has 3 unspecified atom stereocenters. The first-order valence-corrected chi connectivity index (χ1v) is 6.28. The molecule has 1 saturated carbocycles. The SMILES string of the molecule is O=C(c1ccc([N+](=O)[O-])o1)N1CC2CCC(O)C2C1. The van der Waals surface area contributed by atoms with Crippen LogP contribution in [0.2, 0.25) is 0 Å². The molecule has 102 valence electrons. The minimum atomic E-state index is -0.667. The van der Waals surface area contributed by atoms with Crippen LogP contribution in [0.5, 0.6) is 0 Å². The molecule has 1 amide bonds. The Bertz CT molecular complexity index is 526. The number of furan rings is 1. The maximum atomic E-state index is 12.1. The highest BCUT2D eigenvalue weighted by Crippen LogP contribution is 2.38. The lowest BCUT2D eigenvalue weighted by Crippen LogP contribution is -2.30. The van der Waals surface area contributed by atoms with Gasteiger partial charge < -0.3 is 14.4 Å². The highest BCUT2D eigenvalue weighted by molar-refractivity contribution is 5.92. The van der Waals surface area contributed by atoms with Crippen molar-refractivity contribution in [3.05, 3.63) is 28.0 Å². The van der Waals surface area contributed by atoms with E-state index in [1.165, 1.54) is 12.1 Å². The minimum Gasteiger partial charge on any atom is -0.395 e. The number of carbonyl (C=O) groups excluding carboxylic acids is 1. The monoisotopic (exact) mass is 266 g/mol. The van der Waals surface area contributed by atoms with Crippen LogP contribution >= 0.6 is 0 Å². The summed E-state index contributed by atoms with van der Waals surface area (Å²) in [6.07, 6.45) is 1.38. The Hall–Kier alpha value is -1.89. The topological polar surface area (TPSA) is 96.8 Å². The van der Waals surface area contributed by atoms with Crippen LogP contribution in [-0.4, -0.2) is 40.0 Å². The van der Waals surface area contributed by atoms with Gasteiger partial charge in [0.15, 0.2) is 5.76 Å². The second kappa shape index (κ2) is 4.34. The van der Waals surface area contributed by atoms with Crippen LogP contribution in [0.3, 0.4) is 0 Å². The van der Waals surface area contributed by atoms with Crippen LogP contribution in [-0.2, 0) is 0 Å². The molecule has 1 aliphatic heterocycles. The molecule has 0 aromatic carbocycles. The molecular weight excluding hydrogens is 252 g/mol. The van der Waals surface area contributed by atoms with E-state index in [1.54, 1.807) is 4.90 Å². The molecule has 2 aliphatic rings. The number of fused-ring (bicyclic) bond motifs is 1. The summed E-state index contributed by atoms with van der Waals surface area (Å²) in [6, 6.07) is 2.50. The molecule has 19 heavy (non-hydrogen) atoms. The van der Waals surface area contributed by atoms with Gasteiger partial charge in [0.1, 0.15) is 4.92 Å². The molecule has 1 N–H and O–H groups in total. The first-order valence-electron chi connectivity index (χ1n) is 6.28. The van der Waals surface area contributed by atoms with E-state index < -0.39 is 10.8 Å². The molecule has 1 saturated heterocycles. The molecular formula is C12H14N2O5. The molecule has 0 spiro atoms. The molecule has 3 atom stereocenters. The molecule has 3 rings (SSSR count). The van der Waals surface area contributed by atoms with Gasteiger partial charge in [-0.25, -0.2) is 0 Å². The van der Waals surface area contributed by atoms with Crippen molar-refractivity contribution in [1.82, 2.24) is 4.90 Å². The summed E-state index contributed by atoms with van der Waals surface area (Å²) in [5, 5.41) is 20.3. The number of rotatable bonds is 2. The van der Waals surface area contributed by atoms with Gasteiger partial charge in [-0.1, -0.05) is 0 Å². The van der Waals surface area contributed by atoms with E-state index in [9.17, 15) is 20.0 Å². The molecule has 7 nitrogen and oxygen atoms in total. The standard InChI is InChI=1S/C12H14N2O5/c15-9-2-1-7-5-13(6-8(7)9)12(16)10-3-4-11(19-10)14(17)18/h3-4,7-9,15H,1-2,5-6H2. The fraction of sp³-hybridized carbons (Fsp3) is 0.583. The zero-order chi connectivity index (χ0) is 13.6. The predicted molar refractivity (Wildman–Crippen MR) is 63.5 cm³/mol. The zero-order valence-electron chi connectivity index (χ0n) is 10.2. The van der Waals surface area contributed by atoms with E-state index >= 15 is 0 Å². The Balaban J connectivity index is 1.73. The van der Waals surface area contributed by atoms with Crippen LogP contribution in [0.15, 0.2) is 16.5 Å². The summed E-state index contributed by atoms with van der Waals surface area (Å²) in [7, 11) is 0. The number of aliphatic hydroxyl groups is 1. The zero-order valence-corrected chi connectivity index (χ0v) is 10.2. The highest BCUT2D eigenvalue weighted by Gasteiger charge is 2.43. The van der Waals surface area contributed by atoms with Gasteiger partial charge >= 0.3 is 5.88 Å². The van der Waals surface area contributed by atoms with E-state index in [4.69, 9.17) is 4.42 Å². The maximum Gasteiger partial charge on any atom is 0.433 e. The van der Waals surface area contributed by atoms with Gasteiger partial charge in [-0.3, -0.25) is 14.9 Å². The van der Waals surface area contributed by atoms with Crippen molar-refractivity contribution in [2.45, 2.75) is 18.9 Å². The largest absolute Gasteiger partial charge is 0.433 e. The van der Waals surface area contributed by atoms with Crippen molar-refractivity contribution >= 4 is 11.8 Å². The summed E-state index contributed by atoms with van der Waals surface area (Å²) < 4.78 is 4.92. The first-order chi connectivity index (χ1) is 9.06. The second-order valence-electron chi connectivity index (χ2n) is 5.17. The van der Waals surface area contributed by atoms with Gasteiger partial charge in [-0.15, -0.1) is 0 Å². The molecule has 1 aromatic heterocycles. The van der Waals surface area contributed by atoms with Crippen molar-refractivity contribution in [3.63, 3.8) is 0 Å². The number of likely N-dealkylation sites (tertiary alicyclic amines) is 1. The summed E-state index contributed by atoms with van der Waals surface area (Å²) in [5.41, 5.74) is 0. The molecule has 2 heterocycles. The third-order valence-corrected chi connectivity index (χ3v) is 4.09. The molecule has 7 heteroatoms. The number of aliphatic hydroxyl groups excluding tert-OH is 1. The van der Waals surface area contributed by atoms with Gasteiger partial charge in [0, 0.05) is 19.0 Å². The second-order valence-corrected chi connectivity index (χ2v) is 5.17. The van der Waals surface area contributed by atoms with Crippen LogP contribution in [0, 0.1) is 22.0 Å². The lowest BCUT2D eigenvalue weighted by Gasteiger charge is -2.16. The summed E-state index contributed by atoms with van der Waals surface area (Å²) >= 11 is 0. The van der Waals surface area contributed by atoms with E-state index in [0.717, 1.165) is 12.8 Å². The van der Waals surface area contributed by atoms with Gasteiger partial charge in [-0.2, -0.15) is 0 Å². The number of carbonyl (C=O) groups is 1. The average Bonchev–Trinajstić information content (AvgIpc) is 3.05. The van der Waals surface area contributed by atoms with Crippen molar-refractivity contribution in [2.24, 2.45) is 11.8 Å².